The van der Waals surface area contributed by atoms with Gasteiger partial charge >= 0.3 is 113 Å². The molecule has 0 heterocycles. The van der Waals surface area contributed by atoms with Crippen LogP contribution in [0.15, 0.2) is 0 Å². The number of hydrogen-bond donors (Lipinski definition) is 0. The van der Waals surface area contributed by atoms with Gasteiger partial charge in [0.05, 0.1) is 0 Å². The maximum atomic E-state index is 0. The first-order valence-electron chi connectivity index (χ1n) is 0. The van der Waals surface area contributed by atoms with Crippen molar-refractivity contribution in [3.63, 3.8) is 0 Å². The van der Waals surface area contributed by atoms with E-state index in [1.807, 2.05) is 0 Å². The molecule has 0 atom stereocenters. The fourth-order valence-corrected chi connectivity index (χ4v) is 0. The summed E-state index contributed by atoms with van der Waals surface area (Å²) in [6.45, 7) is 0. The summed E-state index contributed by atoms with van der Waals surface area (Å²) in [4.78, 5) is 0. The van der Waals surface area contributed by atoms with Gasteiger partial charge in [0, 0.05) is 0 Å². The Morgan fingerprint density at radius 1 is 0.429 bits per heavy atom. The van der Waals surface area contributed by atoms with Gasteiger partial charge in [0.2, 0.25) is 0 Å². The van der Waals surface area contributed by atoms with Crippen molar-refractivity contribution in [2.45, 2.75) is 0 Å². The zero-order valence-corrected chi connectivity index (χ0v) is 13.5. The van der Waals surface area contributed by atoms with Crippen molar-refractivity contribution < 1.29 is 37.2 Å². The van der Waals surface area contributed by atoms with E-state index in [-0.39, 0.29) is 160 Å². The van der Waals surface area contributed by atoms with Gasteiger partial charge < -0.3 is 47.1 Å². The summed E-state index contributed by atoms with van der Waals surface area (Å²) in [5.41, 5.74) is 0. The van der Waals surface area contributed by atoms with E-state index in [0.717, 1.165) is 0 Å². The first-order chi connectivity index (χ1) is 0. The van der Waals surface area contributed by atoms with E-state index in [9.17, 15) is 0 Å². The van der Waals surface area contributed by atoms with Crippen LogP contribution in [0.1, 0.15) is 0 Å². The smallest absolute Gasteiger partial charge is 2.00 e. The molecule has 7 heteroatoms. The summed E-state index contributed by atoms with van der Waals surface area (Å²) in [5, 5.41) is 0. The molecule has 0 aromatic rings. The fourth-order valence-electron chi connectivity index (χ4n) is 0. The van der Waals surface area contributed by atoms with Crippen molar-refractivity contribution in [2.75, 3.05) is 0 Å². The van der Waals surface area contributed by atoms with Gasteiger partial charge in [-0.05, 0) is 0 Å². The molecule has 0 amide bonds. The Hall–Kier alpha value is 5.08. The maximum Gasteiger partial charge on any atom is 2.00 e. The summed E-state index contributed by atoms with van der Waals surface area (Å²) in [7, 11) is 0. The molecule has 32 valence electrons. The molecule has 0 N–H and O–H groups in total. The van der Waals surface area contributed by atoms with Crippen LogP contribution in [0, 0.1) is 0 Å². The summed E-state index contributed by atoms with van der Waals surface area (Å²) < 4.78 is 0. The van der Waals surface area contributed by atoms with Crippen LogP contribution in [0.3, 0.4) is 0 Å². The molecule has 0 saturated carbocycles. The van der Waals surface area contributed by atoms with Gasteiger partial charge in [-0.2, -0.15) is 0 Å². The average molecular weight is 258 g/mol. The molecule has 0 radical (unpaired) electrons. The predicted octanol–water partition coefficient (Wildman–Crippen LogP) is -9.27. The van der Waals surface area contributed by atoms with Crippen molar-refractivity contribution in [1.29, 1.82) is 0 Å². The minimum atomic E-state index is 0. The largest absolute Gasteiger partial charge is 3.00 e. The minimum absolute atomic E-state index is 0. The molecule has 0 aromatic carbocycles. The van der Waals surface area contributed by atoms with Crippen molar-refractivity contribution in [3.05, 3.63) is 0 Å². The zero-order valence-electron chi connectivity index (χ0n) is 3.70. The number of halogens is 3. The van der Waals surface area contributed by atoms with Crippen molar-refractivity contribution >= 4 is 123 Å². The standard InChI is InChI=1S/3Ca.3ClH.P/h;;;3*1H;/q3*+2;;;;-3/p-3. The molecular formula is Ca3Cl3P. The fraction of sp³-hybridized carbons (Fsp3) is 0. The van der Waals surface area contributed by atoms with E-state index in [1.54, 1.807) is 0 Å². The van der Waals surface area contributed by atoms with Crippen LogP contribution in [0.4, 0.5) is 0 Å². The monoisotopic (exact) mass is 256 g/mol. The Balaban J connectivity index is 0. The van der Waals surface area contributed by atoms with Crippen LogP contribution < -0.4 is 37.2 Å². The van der Waals surface area contributed by atoms with Crippen LogP contribution in [0.5, 0.6) is 0 Å². The van der Waals surface area contributed by atoms with Gasteiger partial charge in [-0.1, -0.05) is 0 Å². The second kappa shape index (κ2) is 43.6. The van der Waals surface area contributed by atoms with E-state index in [2.05, 4.69) is 0 Å². The minimum Gasteiger partial charge on any atom is -3.00 e. The van der Waals surface area contributed by atoms with Crippen LogP contribution in [0.25, 0.3) is 0 Å². The van der Waals surface area contributed by atoms with Crippen LogP contribution in [-0.4, -0.2) is 113 Å². The second-order valence-corrected chi connectivity index (χ2v) is 0. The molecule has 0 nitrogen and oxygen atoms in total. The van der Waals surface area contributed by atoms with Crippen LogP contribution in [0.2, 0.25) is 0 Å². The molecule has 0 aliphatic carbocycles. The van der Waals surface area contributed by atoms with Crippen LogP contribution in [-0.2, 0) is 0 Å². The molecule has 0 spiro atoms. The summed E-state index contributed by atoms with van der Waals surface area (Å²) >= 11 is 0. The Kier molecular flexibility index (Phi) is 358. The third-order valence-electron chi connectivity index (χ3n) is 0. The predicted molar refractivity (Wildman–Crippen MR) is 24.2 cm³/mol. The van der Waals surface area contributed by atoms with Crippen LogP contribution >= 0.6 is 9.90 Å². The Morgan fingerprint density at radius 3 is 0.429 bits per heavy atom. The summed E-state index contributed by atoms with van der Waals surface area (Å²) in [6, 6.07) is 0. The number of rotatable bonds is 0. The molecule has 0 fully saturated rings. The molecule has 0 aliphatic heterocycles. The average Bonchev–Trinajstić information content (AvgIpc) is 0. The van der Waals surface area contributed by atoms with Gasteiger partial charge in [-0.25, -0.2) is 0 Å². The Labute approximate surface area is 156 Å². The van der Waals surface area contributed by atoms with E-state index < -0.39 is 0 Å². The van der Waals surface area contributed by atoms with E-state index in [1.165, 1.54) is 0 Å². The Morgan fingerprint density at radius 2 is 0.429 bits per heavy atom. The van der Waals surface area contributed by atoms with Gasteiger partial charge in [0.25, 0.3) is 0 Å². The van der Waals surface area contributed by atoms with E-state index >= 15 is 0 Å². The maximum absolute atomic E-state index is 0. The summed E-state index contributed by atoms with van der Waals surface area (Å²) in [5.74, 6) is 0. The van der Waals surface area contributed by atoms with Crippen molar-refractivity contribution in [2.24, 2.45) is 0 Å². The van der Waals surface area contributed by atoms with E-state index in [0.29, 0.717) is 0 Å². The zero-order chi connectivity index (χ0) is 0. The molecule has 0 rings (SSSR count). The summed E-state index contributed by atoms with van der Waals surface area (Å²) in [6.07, 6.45) is 0. The Bertz CT molecular complexity index is 10.1. The SMILES string of the molecule is [Ca+2].[Ca+2].[Ca+2].[Cl-].[Cl-].[Cl-].[P-3]. The molecule has 0 bridgehead atoms. The molecule has 0 unspecified atom stereocenters. The first-order valence-corrected chi connectivity index (χ1v) is 0. The molecule has 0 aromatic heterocycles. The second-order valence-electron chi connectivity index (χ2n) is 0. The third-order valence-corrected chi connectivity index (χ3v) is 0. The number of hydrogen-bond acceptors (Lipinski definition) is 0. The topological polar surface area (TPSA) is 0 Å². The van der Waals surface area contributed by atoms with Gasteiger partial charge in [0.1, 0.15) is 0 Å². The van der Waals surface area contributed by atoms with Gasteiger partial charge in [0.15, 0.2) is 0 Å². The first kappa shape index (κ1) is 57.5. The van der Waals surface area contributed by atoms with Crippen molar-refractivity contribution in [3.8, 4) is 0 Å². The molecule has 0 aliphatic rings. The normalized spacial score (nSPS) is 0. The molecular weight excluding hydrogens is 258 g/mol. The molecule has 0 saturated heterocycles. The third kappa shape index (κ3) is 35.4. The van der Waals surface area contributed by atoms with Gasteiger partial charge in [-0.15, -0.1) is 0 Å². The quantitative estimate of drug-likeness (QED) is 0.299. The van der Waals surface area contributed by atoms with Gasteiger partial charge in [-0.3, -0.25) is 0 Å². The van der Waals surface area contributed by atoms with E-state index in [4.69, 9.17) is 0 Å². The van der Waals surface area contributed by atoms with Crippen molar-refractivity contribution in [1.82, 2.24) is 0 Å². The molecule has 7 heavy (non-hydrogen) atoms.